The quantitative estimate of drug-likeness (QED) is 0.743. The molecule has 0 amide bonds. The summed E-state index contributed by atoms with van der Waals surface area (Å²) in [6, 6.07) is 1.93. The van der Waals surface area contributed by atoms with E-state index in [0.717, 1.165) is 31.3 Å². The van der Waals surface area contributed by atoms with Crippen LogP contribution in [-0.2, 0) is 0 Å². The van der Waals surface area contributed by atoms with Crippen LogP contribution in [-0.4, -0.2) is 35.1 Å². The Morgan fingerprint density at radius 1 is 1.47 bits per heavy atom. The minimum Gasteiger partial charge on any atom is -0.333 e. The Morgan fingerprint density at radius 3 is 2.93 bits per heavy atom. The summed E-state index contributed by atoms with van der Waals surface area (Å²) in [5.41, 5.74) is 1.11. The maximum Gasteiger partial charge on any atom is 0.226 e. The van der Waals surface area contributed by atoms with Crippen LogP contribution in [0.3, 0.4) is 0 Å². The molecule has 2 heterocycles. The average Bonchev–Trinajstić information content (AvgIpc) is 2.17. The third-order valence-electron chi connectivity index (χ3n) is 2.82. The fourth-order valence-corrected chi connectivity index (χ4v) is 1.92. The minimum absolute atomic E-state index is 0.0893. The monoisotopic (exact) mass is 206 g/mol. The maximum atomic E-state index is 4.48. The molecule has 4 nitrogen and oxygen atoms in total. The molecule has 1 aromatic heterocycles. The van der Waals surface area contributed by atoms with E-state index in [4.69, 9.17) is 0 Å². The maximum absolute atomic E-state index is 4.48. The molecule has 0 spiro atoms. The van der Waals surface area contributed by atoms with E-state index in [-0.39, 0.29) is 5.54 Å². The molecule has 15 heavy (non-hydrogen) atoms. The van der Waals surface area contributed by atoms with Gasteiger partial charge in [-0.1, -0.05) is 0 Å². The Balaban J connectivity index is 2.29. The lowest BCUT2D eigenvalue weighted by Gasteiger charge is -2.42. The van der Waals surface area contributed by atoms with Crippen molar-refractivity contribution >= 4 is 5.95 Å². The second kappa shape index (κ2) is 3.77. The Labute approximate surface area is 90.7 Å². The zero-order valence-electron chi connectivity index (χ0n) is 9.62. The fourth-order valence-electron chi connectivity index (χ4n) is 1.92. The van der Waals surface area contributed by atoms with Crippen molar-refractivity contribution in [1.29, 1.82) is 0 Å². The van der Waals surface area contributed by atoms with Gasteiger partial charge in [0.2, 0.25) is 5.95 Å². The highest BCUT2D eigenvalue weighted by atomic mass is 15.3. The predicted molar refractivity (Wildman–Crippen MR) is 61.1 cm³/mol. The molecular formula is C11H18N4. The van der Waals surface area contributed by atoms with Crippen molar-refractivity contribution < 1.29 is 0 Å². The number of rotatable bonds is 1. The molecule has 1 aliphatic heterocycles. The lowest BCUT2D eigenvalue weighted by molar-refractivity contribution is 0.374. The molecule has 0 radical (unpaired) electrons. The van der Waals surface area contributed by atoms with Gasteiger partial charge >= 0.3 is 0 Å². The first-order valence-corrected chi connectivity index (χ1v) is 5.38. The molecule has 4 heteroatoms. The van der Waals surface area contributed by atoms with Gasteiger partial charge < -0.3 is 10.2 Å². The molecule has 1 fully saturated rings. The normalized spacial score (nSPS) is 20.3. The van der Waals surface area contributed by atoms with Gasteiger partial charge in [-0.15, -0.1) is 0 Å². The summed E-state index contributed by atoms with van der Waals surface area (Å²) in [6.45, 7) is 9.37. The van der Waals surface area contributed by atoms with Crippen LogP contribution in [0.15, 0.2) is 12.3 Å². The number of hydrogen-bond acceptors (Lipinski definition) is 4. The van der Waals surface area contributed by atoms with E-state index >= 15 is 0 Å². The van der Waals surface area contributed by atoms with Gasteiger partial charge in [0.15, 0.2) is 0 Å². The number of aromatic nitrogens is 2. The van der Waals surface area contributed by atoms with E-state index in [2.05, 4.69) is 34.0 Å². The van der Waals surface area contributed by atoms with Crippen molar-refractivity contribution in [2.75, 3.05) is 24.5 Å². The van der Waals surface area contributed by atoms with Crippen LogP contribution in [0.4, 0.5) is 5.95 Å². The molecular weight excluding hydrogens is 188 g/mol. The van der Waals surface area contributed by atoms with E-state index in [9.17, 15) is 0 Å². The Bertz CT molecular complexity index is 348. The first-order valence-electron chi connectivity index (χ1n) is 5.38. The first kappa shape index (κ1) is 10.4. The van der Waals surface area contributed by atoms with Crippen LogP contribution in [0.1, 0.15) is 19.5 Å². The minimum atomic E-state index is 0.0893. The lowest BCUT2D eigenvalue weighted by atomic mass is 10.0. The number of hydrogen-bond donors (Lipinski definition) is 1. The topological polar surface area (TPSA) is 41.1 Å². The van der Waals surface area contributed by atoms with Crippen molar-refractivity contribution in [3.05, 3.63) is 18.0 Å². The van der Waals surface area contributed by atoms with E-state index in [1.807, 2.05) is 19.2 Å². The molecule has 0 atom stereocenters. The second-order valence-corrected chi connectivity index (χ2v) is 4.64. The summed E-state index contributed by atoms with van der Waals surface area (Å²) in [7, 11) is 0. The van der Waals surface area contributed by atoms with Crippen molar-refractivity contribution in [2.45, 2.75) is 26.3 Å². The van der Waals surface area contributed by atoms with Crippen molar-refractivity contribution in [3.63, 3.8) is 0 Å². The van der Waals surface area contributed by atoms with E-state index in [1.165, 1.54) is 0 Å². The van der Waals surface area contributed by atoms with E-state index in [0.29, 0.717) is 0 Å². The summed E-state index contributed by atoms with van der Waals surface area (Å²) >= 11 is 0. The standard InChI is InChI=1S/C11H18N4/c1-9-4-5-13-10(14-9)15-7-6-12-8-11(15,2)3/h4-5,12H,6-8H2,1-3H3. The number of aryl methyl sites for hydroxylation is 1. The highest BCUT2D eigenvalue weighted by molar-refractivity contribution is 5.35. The molecule has 0 unspecified atom stereocenters. The Kier molecular flexibility index (Phi) is 2.61. The van der Waals surface area contributed by atoms with E-state index < -0.39 is 0 Å². The van der Waals surface area contributed by atoms with Crippen LogP contribution in [0.2, 0.25) is 0 Å². The lowest BCUT2D eigenvalue weighted by Crippen LogP contribution is -2.58. The van der Waals surface area contributed by atoms with Crippen LogP contribution in [0.5, 0.6) is 0 Å². The van der Waals surface area contributed by atoms with Gasteiger partial charge in [-0.25, -0.2) is 9.97 Å². The molecule has 1 saturated heterocycles. The number of piperazine rings is 1. The Hall–Kier alpha value is -1.16. The number of anilines is 1. The predicted octanol–water partition coefficient (Wildman–Crippen LogP) is 0.973. The molecule has 0 bridgehead atoms. The summed E-state index contributed by atoms with van der Waals surface area (Å²) in [5, 5.41) is 3.39. The summed E-state index contributed by atoms with van der Waals surface area (Å²) in [5.74, 6) is 0.849. The smallest absolute Gasteiger partial charge is 0.226 e. The van der Waals surface area contributed by atoms with E-state index in [1.54, 1.807) is 0 Å². The van der Waals surface area contributed by atoms with Gasteiger partial charge in [0.25, 0.3) is 0 Å². The highest BCUT2D eigenvalue weighted by Gasteiger charge is 2.31. The van der Waals surface area contributed by atoms with Crippen LogP contribution in [0.25, 0.3) is 0 Å². The average molecular weight is 206 g/mol. The third kappa shape index (κ3) is 2.09. The van der Waals surface area contributed by atoms with Crippen LogP contribution in [0, 0.1) is 6.92 Å². The second-order valence-electron chi connectivity index (χ2n) is 4.64. The Morgan fingerprint density at radius 2 is 2.27 bits per heavy atom. The fraction of sp³-hybridized carbons (Fsp3) is 0.636. The van der Waals surface area contributed by atoms with Crippen molar-refractivity contribution in [1.82, 2.24) is 15.3 Å². The zero-order valence-corrected chi connectivity index (χ0v) is 9.62. The molecule has 82 valence electrons. The van der Waals surface area contributed by atoms with Crippen LogP contribution < -0.4 is 10.2 Å². The largest absolute Gasteiger partial charge is 0.333 e. The zero-order chi connectivity index (χ0) is 10.9. The molecule has 1 aromatic rings. The third-order valence-corrected chi connectivity index (χ3v) is 2.82. The SMILES string of the molecule is Cc1ccnc(N2CCNCC2(C)C)n1. The van der Waals surface area contributed by atoms with Crippen molar-refractivity contribution in [2.24, 2.45) is 0 Å². The summed E-state index contributed by atoms with van der Waals surface area (Å²) in [6.07, 6.45) is 1.83. The molecule has 0 aromatic carbocycles. The van der Waals surface area contributed by atoms with Gasteiger partial charge in [0.05, 0.1) is 0 Å². The van der Waals surface area contributed by atoms with Gasteiger partial charge in [-0.3, -0.25) is 0 Å². The van der Waals surface area contributed by atoms with Crippen LogP contribution >= 0.6 is 0 Å². The van der Waals surface area contributed by atoms with Gasteiger partial charge in [-0.05, 0) is 26.8 Å². The first-order chi connectivity index (χ1) is 7.09. The van der Waals surface area contributed by atoms with Gasteiger partial charge in [0.1, 0.15) is 0 Å². The molecule has 0 aliphatic carbocycles. The van der Waals surface area contributed by atoms with Crippen molar-refractivity contribution in [3.8, 4) is 0 Å². The molecule has 2 rings (SSSR count). The molecule has 1 N–H and O–H groups in total. The van der Waals surface area contributed by atoms with Gasteiger partial charge in [0, 0.05) is 37.1 Å². The number of nitrogens with zero attached hydrogens (tertiary/aromatic N) is 3. The number of nitrogens with one attached hydrogen (secondary N) is 1. The van der Waals surface area contributed by atoms with Gasteiger partial charge in [-0.2, -0.15) is 0 Å². The molecule has 1 aliphatic rings. The summed E-state index contributed by atoms with van der Waals surface area (Å²) < 4.78 is 0. The highest BCUT2D eigenvalue weighted by Crippen LogP contribution is 2.21. The molecule has 0 saturated carbocycles. The summed E-state index contributed by atoms with van der Waals surface area (Å²) in [4.78, 5) is 11.1.